The van der Waals surface area contributed by atoms with Gasteiger partial charge >= 0.3 is 0 Å². The van der Waals surface area contributed by atoms with Gasteiger partial charge in [-0.15, -0.1) is 0 Å². The molecule has 0 aromatic heterocycles. The molecule has 1 heterocycles. The molecule has 4 aromatic rings. The molecule has 0 saturated carbocycles. The van der Waals surface area contributed by atoms with E-state index in [1.165, 1.54) is 16.2 Å². The third kappa shape index (κ3) is 1.91. The number of anilines is 1. The molecule has 0 unspecified atom stereocenters. The van der Waals surface area contributed by atoms with Crippen molar-refractivity contribution in [3.8, 4) is 0 Å². The first-order valence-corrected chi connectivity index (χ1v) is 8.07. The smallest absolute Gasteiger partial charge is 0.132 e. The van der Waals surface area contributed by atoms with Gasteiger partial charge in [-0.05, 0) is 22.9 Å². The summed E-state index contributed by atoms with van der Waals surface area (Å²) >= 11 is 0. The summed E-state index contributed by atoms with van der Waals surface area (Å²) in [5.41, 5.74) is 1.06. The van der Waals surface area contributed by atoms with Crippen LogP contribution in [-0.4, -0.2) is 6.67 Å². The first kappa shape index (κ1) is 13.3. The van der Waals surface area contributed by atoms with Crippen LogP contribution in [0.4, 0.5) is 5.69 Å². The second-order valence-electron chi connectivity index (χ2n) is 5.92. The van der Waals surface area contributed by atoms with Gasteiger partial charge in [0.1, 0.15) is 12.0 Å². The Bertz CT molecular complexity index is 1180. The molecule has 0 N–H and O–H groups in total. The zero-order valence-electron chi connectivity index (χ0n) is 13.1. The maximum atomic E-state index is 4.93. The molecule has 114 valence electrons. The van der Waals surface area contributed by atoms with E-state index in [-0.39, 0.29) is 0 Å². The summed E-state index contributed by atoms with van der Waals surface area (Å²) in [6.45, 7) is 0.541. The van der Waals surface area contributed by atoms with Crippen LogP contribution >= 0.6 is 0 Å². The maximum absolute atomic E-state index is 4.93. The van der Waals surface area contributed by atoms with Crippen molar-refractivity contribution in [3.63, 3.8) is 0 Å². The number of benzene rings is 4. The van der Waals surface area contributed by atoms with E-state index in [4.69, 9.17) is 10.1 Å². The van der Waals surface area contributed by atoms with Crippen molar-refractivity contribution in [2.45, 2.75) is 0 Å². The number of hydrogen-bond donors (Lipinski definition) is 0. The fourth-order valence-corrected chi connectivity index (χ4v) is 3.39. The van der Waals surface area contributed by atoms with Gasteiger partial charge in [0.15, 0.2) is 0 Å². The Morgan fingerprint density at radius 2 is 1.12 bits per heavy atom. The molecule has 0 fully saturated rings. The number of rotatable bonds is 1. The molecule has 1 aliphatic heterocycles. The van der Waals surface area contributed by atoms with Gasteiger partial charge in [-0.2, -0.15) is 5.10 Å². The van der Waals surface area contributed by atoms with Gasteiger partial charge < -0.3 is 0 Å². The normalized spacial score (nSPS) is 13.4. The molecule has 0 bridgehead atoms. The second kappa shape index (κ2) is 5.17. The average Bonchev–Trinajstić information content (AvgIpc) is 2.68. The van der Waals surface area contributed by atoms with Crippen molar-refractivity contribution in [3.05, 3.63) is 89.6 Å². The zero-order chi connectivity index (χ0) is 15.9. The van der Waals surface area contributed by atoms with E-state index in [9.17, 15) is 0 Å². The van der Waals surface area contributed by atoms with Crippen molar-refractivity contribution in [1.29, 1.82) is 0 Å². The maximum Gasteiger partial charge on any atom is 0.132 e. The predicted octanol–water partition coefficient (Wildman–Crippen LogP) is 3.62. The molecule has 0 atom stereocenters. The van der Waals surface area contributed by atoms with E-state index >= 15 is 0 Å². The molecule has 3 heteroatoms. The SMILES string of the molecule is c1ccc(N2CN=c3c(c4ccccc4c4ccccc34)=N2)cc1. The van der Waals surface area contributed by atoms with E-state index in [0.29, 0.717) is 6.67 Å². The van der Waals surface area contributed by atoms with E-state index in [2.05, 4.69) is 60.7 Å². The van der Waals surface area contributed by atoms with Gasteiger partial charge in [-0.3, -0.25) is 4.99 Å². The number of hydrogen-bond acceptors (Lipinski definition) is 3. The van der Waals surface area contributed by atoms with E-state index in [1.807, 2.05) is 23.2 Å². The van der Waals surface area contributed by atoms with Gasteiger partial charge in [0, 0.05) is 10.8 Å². The van der Waals surface area contributed by atoms with E-state index in [0.717, 1.165) is 21.8 Å². The minimum absolute atomic E-state index is 0.541. The molecule has 3 nitrogen and oxygen atoms in total. The van der Waals surface area contributed by atoms with E-state index in [1.54, 1.807) is 0 Å². The zero-order valence-corrected chi connectivity index (χ0v) is 13.1. The highest BCUT2D eigenvalue weighted by Crippen LogP contribution is 2.21. The minimum Gasteiger partial charge on any atom is -0.259 e. The van der Waals surface area contributed by atoms with Crippen molar-refractivity contribution in [2.24, 2.45) is 10.1 Å². The Morgan fingerprint density at radius 1 is 0.583 bits per heavy atom. The average molecular weight is 309 g/mol. The number of para-hydroxylation sites is 1. The molecule has 1 aliphatic rings. The number of nitrogens with zero attached hydrogens (tertiary/aromatic N) is 3. The Balaban J connectivity index is 1.91. The summed E-state index contributed by atoms with van der Waals surface area (Å²) in [5, 5.41) is 13.6. The Morgan fingerprint density at radius 3 is 1.79 bits per heavy atom. The molecule has 4 aromatic carbocycles. The molecule has 0 amide bonds. The van der Waals surface area contributed by atoms with Crippen LogP contribution in [0.15, 0.2) is 89.0 Å². The highest BCUT2D eigenvalue weighted by Gasteiger charge is 2.13. The van der Waals surface area contributed by atoms with Crippen LogP contribution in [0.1, 0.15) is 0 Å². The fraction of sp³-hybridized carbons (Fsp3) is 0.0476. The highest BCUT2D eigenvalue weighted by molar-refractivity contribution is 6.07. The van der Waals surface area contributed by atoms with Gasteiger partial charge in [-0.25, -0.2) is 5.01 Å². The lowest BCUT2D eigenvalue weighted by molar-refractivity contribution is 0.792. The third-order valence-electron chi connectivity index (χ3n) is 4.52. The van der Waals surface area contributed by atoms with Crippen LogP contribution in [0.5, 0.6) is 0 Å². The molecular formula is C21H15N3. The summed E-state index contributed by atoms with van der Waals surface area (Å²) in [7, 11) is 0. The van der Waals surface area contributed by atoms with Crippen LogP contribution in [0.2, 0.25) is 0 Å². The summed E-state index contributed by atoms with van der Waals surface area (Å²) in [5.74, 6) is 0. The van der Waals surface area contributed by atoms with Gasteiger partial charge in [0.05, 0.1) is 11.0 Å². The minimum atomic E-state index is 0.541. The van der Waals surface area contributed by atoms with Gasteiger partial charge in [-0.1, -0.05) is 66.7 Å². The van der Waals surface area contributed by atoms with Crippen LogP contribution in [0.3, 0.4) is 0 Å². The van der Waals surface area contributed by atoms with Crippen molar-refractivity contribution in [1.82, 2.24) is 0 Å². The monoisotopic (exact) mass is 309 g/mol. The lowest BCUT2D eigenvalue weighted by atomic mass is 10.0. The Kier molecular flexibility index (Phi) is 2.85. The molecule has 0 aliphatic carbocycles. The predicted molar refractivity (Wildman–Crippen MR) is 97.6 cm³/mol. The quantitative estimate of drug-likeness (QED) is 0.494. The summed E-state index contributed by atoms with van der Waals surface area (Å²) in [6.07, 6.45) is 0. The van der Waals surface area contributed by atoms with Crippen molar-refractivity contribution in [2.75, 3.05) is 11.7 Å². The highest BCUT2D eigenvalue weighted by atomic mass is 15.5. The summed E-state index contributed by atoms with van der Waals surface area (Å²) in [4.78, 5) is 4.86. The first-order valence-electron chi connectivity index (χ1n) is 8.07. The van der Waals surface area contributed by atoms with Crippen LogP contribution in [-0.2, 0) is 0 Å². The van der Waals surface area contributed by atoms with Crippen molar-refractivity contribution >= 4 is 27.2 Å². The fourth-order valence-electron chi connectivity index (χ4n) is 3.39. The van der Waals surface area contributed by atoms with Crippen LogP contribution in [0, 0.1) is 0 Å². The number of fused-ring (bicyclic) bond motifs is 6. The van der Waals surface area contributed by atoms with Crippen molar-refractivity contribution < 1.29 is 0 Å². The topological polar surface area (TPSA) is 28.0 Å². The molecule has 0 saturated heterocycles. The van der Waals surface area contributed by atoms with Crippen LogP contribution in [0.25, 0.3) is 21.5 Å². The second-order valence-corrected chi connectivity index (χ2v) is 5.92. The molecular weight excluding hydrogens is 294 g/mol. The van der Waals surface area contributed by atoms with Crippen LogP contribution < -0.4 is 15.7 Å². The molecule has 0 radical (unpaired) electrons. The lowest BCUT2D eigenvalue weighted by Crippen LogP contribution is -2.37. The van der Waals surface area contributed by atoms with Gasteiger partial charge in [0.25, 0.3) is 0 Å². The molecule has 5 rings (SSSR count). The van der Waals surface area contributed by atoms with Gasteiger partial charge in [0.2, 0.25) is 0 Å². The molecule has 24 heavy (non-hydrogen) atoms. The summed E-state index contributed by atoms with van der Waals surface area (Å²) in [6, 6.07) is 27.1. The third-order valence-corrected chi connectivity index (χ3v) is 4.52. The standard InChI is InChI=1S/C21H15N3/c1-2-8-15(9-3-1)24-14-22-20-18-12-6-4-10-16(18)17-11-5-7-13-19(17)21(20)23-24/h1-13H,14H2. The largest absolute Gasteiger partial charge is 0.259 e. The lowest BCUT2D eigenvalue weighted by Gasteiger charge is -2.20. The Hall–Kier alpha value is -3.20. The van der Waals surface area contributed by atoms with E-state index < -0.39 is 0 Å². The Labute approximate surface area is 139 Å². The molecule has 0 spiro atoms. The summed E-state index contributed by atoms with van der Waals surface area (Å²) < 4.78 is 0. The first-order chi connectivity index (χ1) is 11.9.